The number of oxazole rings is 1. The van der Waals surface area contributed by atoms with Crippen molar-refractivity contribution < 1.29 is 4.42 Å². The van der Waals surface area contributed by atoms with Crippen LogP contribution in [0, 0.1) is 0 Å². The van der Waals surface area contributed by atoms with Gasteiger partial charge in [0.1, 0.15) is 6.54 Å². The first-order valence-corrected chi connectivity index (χ1v) is 8.03. The number of rotatable bonds is 3. The molecule has 0 aliphatic rings. The summed E-state index contributed by atoms with van der Waals surface area (Å²) in [5.74, 6) is 1.15. The van der Waals surface area contributed by atoms with Crippen molar-refractivity contribution in [2.75, 3.05) is 0 Å². The average molecular weight is 343 g/mol. The van der Waals surface area contributed by atoms with E-state index >= 15 is 0 Å². The predicted octanol–water partition coefficient (Wildman–Crippen LogP) is 1.20. The largest absolute Gasteiger partial charge is 0.438 e. The van der Waals surface area contributed by atoms with Gasteiger partial charge in [-0.3, -0.25) is 13.9 Å². The summed E-state index contributed by atoms with van der Waals surface area (Å²) < 4.78 is 9.80. The first kappa shape index (κ1) is 14.6. The number of thiophene rings is 1. The molecule has 4 rings (SSSR count). The van der Waals surface area contributed by atoms with E-state index < -0.39 is 11.2 Å². The van der Waals surface area contributed by atoms with Crippen LogP contribution in [-0.4, -0.2) is 23.7 Å². The van der Waals surface area contributed by atoms with Crippen LogP contribution >= 0.6 is 11.3 Å². The second-order valence-corrected chi connectivity index (χ2v) is 6.29. The third kappa shape index (κ3) is 2.13. The maximum atomic E-state index is 12.4. The highest BCUT2D eigenvalue weighted by molar-refractivity contribution is 7.13. The lowest BCUT2D eigenvalue weighted by Crippen LogP contribution is -2.37. The Hall–Kier alpha value is -2.94. The Morgan fingerprint density at radius 2 is 2.04 bits per heavy atom. The number of hydrogen-bond acceptors (Lipinski definition) is 6. The molecular formula is C15H13N5O3S. The lowest BCUT2D eigenvalue weighted by Gasteiger charge is -2.05. The Labute approximate surface area is 139 Å². The highest BCUT2D eigenvalue weighted by atomic mass is 32.1. The molecule has 0 fully saturated rings. The molecule has 8 nitrogen and oxygen atoms in total. The van der Waals surface area contributed by atoms with Gasteiger partial charge in [0, 0.05) is 14.1 Å². The topological polar surface area (TPSA) is 87.8 Å². The molecule has 0 N–H and O–H groups in total. The molecule has 0 saturated carbocycles. The molecule has 122 valence electrons. The fourth-order valence-corrected chi connectivity index (χ4v) is 3.25. The van der Waals surface area contributed by atoms with Crippen LogP contribution in [-0.2, 0) is 20.6 Å². The highest BCUT2D eigenvalue weighted by Gasteiger charge is 2.16. The molecule has 4 aromatic rings. The van der Waals surface area contributed by atoms with Gasteiger partial charge in [-0.15, -0.1) is 11.3 Å². The molecule has 0 bridgehead atoms. The SMILES string of the molecule is Cn1c(=O)c2c(ncn2Cc2ncc(-c3cccs3)o2)n(C)c1=O. The van der Waals surface area contributed by atoms with Crippen molar-refractivity contribution in [1.29, 1.82) is 0 Å². The zero-order chi connectivity index (χ0) is 16.8. The monoisotopic (exact) mass is 343 g/mol. The van der Waals surface area contributed by atoms with Crippen molar-refractivity contribution in [2.24, 2.45) is 14.1 Å². The fourth-order valence-electron chi connectivity index (χ4n) is 2.58. The maximum absolute atomic E-state index is 12.4. The summed E-state index contributed by atoms with van der Waals surface area (Å²) in [5.41, 5.74) is -0.117. The Bertz CT molecular complexity index is 1150. The minimum atomic E-state index is -0.408. The van der Waals surface area contributed by atoms with Gasteiger partial charge in [-0.25, -0.2) is 14.8 Å². The molecule has 0 aromatic carbocycles. The number of hydrogen-bond donors (Lipinski definition) is 0. The molecule has 4 aromatic heterocycles. The first-order chi connectivity index (χ1) is 11.6. The summed E-state index contributed by atoms with van der Waals surface area (Å²) >= 11 is 1.56. The molecule has 0 radical (unpaired) electrons. The van der Waals surface area contributed by atoms with E-state index in [1.165, 1.54) is 17.9 Å². The van der Waals surface area contributed by atoms with E-state index in [2.05, 4.69) is 9.97 Å². The smallest absolute Gasteiger partial charge is 0.332 e. The van der Waals surface area contributed by atoms with Crippen LogP contribution in [0.2, 0.25) is 0 Å². The van der Waals surface area contributed by atoms with Crippen molar-refractivity contribution >= 4 is 22.5 Å². The molecule has 4 heterocycles. The molecular weight excluding hydrogens is 330 g/mol. The third-order valence-electron chi connectivity index (χ3n) is 3.84. The molecule has 0 spiro atoms. The van der Waals surface area contributed by atoms with Crippen LogP contribution in [0.4, 0.5) is 0 Å². The van der Waals surface area contributed by atoms with Gasteiger partial charge in [-0.1, -0.05) is 6.07 Å². The second-order valence-electron chi connectivity index (χ2n) is 5.35. The van der Waals surface area contributed by atoms with Gasteiger partial charge in [0.15, 0.2) is 16.9 Å². The van der Waals surface area contributed by atoms with E-state index in [1.807, 2.05) is 17.5 Å². The number of nitrogens with zero attached hydrogens (tertiary/aromatic N) is 5. The van der Waals surface area contributed by atoms with Gasteiger partial charge in [0.25, 0.3) is 5.56 Å². The normalized spacial score (nSPS) is 11.4. The predicted molar refractivity (Wildman–Crippen MR) is 89.1 cm³/mol. The van der Waals surface area contributed by atoms with Gasteiger partial charge in [0.05, 0.1) is 17.4 Å². The highest BCUT2D eigenvalue weighted by Crippen LogP contribution is 2.25. The van der Waals surface area contributed by atoms with Crippen molar-refractivity contribution in [1.82, 2.24) is 23.7 Å². The first-order valence-electron chi connectivity index (χ1n) is 7.15. The summed E-state index contributed by atoms with van der Waals surface area (Å²) in [5, 5.41) is 1.96. The minimum absolute atomic E-state index is 0.259. The Morgan fingerprint density at radius 3 is 2.79 bits per heavy atom. The summed E-state index contributed by atoms with van der Waals surface area (Å²) in [6, 6.07) is 3.89. The van der Waals surface area contributed by atoms with Crippen molar-refractivity contribution in [2.45, 2.75) is 6.54 Å². The summed E-state index contributed by atoms with van der Waals surface area (Å²) in [7, 11) is 3.03. The quantitative estimate of drug-likeness (QED) is 0.558. The zero-order valence-corrected chi connectivity index (χ0v) is 13.8. The van der Waals surface area contributed by atoms with Crippen LogP contribution < -0.4 is 11.2 Å². The molecule has 0 atom stereocenters. The minimum Gasteiger partial charge on any atom is -0.438 e. The van der Waals surface area contributed by atoms with Gasteiger partial charge in [-0.05, 0) is 11.4 Å². The molecule has 0 unspecified atom stereocenters. The van der Waals surface area contributed by atoms with E-state index in [9.17, 15) is 9.59 Å². The standard InChI is InChI=1S/C15H13N5O3S/c1-18-13-12(14(21)19(2)15(18)22)20(8-17-13)7-11-16-6-9(23-11)10-4-3-5-24-10/h3-6,8H,7H2,1-2H3. The third-order valence-corrected chi connectivity index (χ3v) is 4.72. The van der Waals surface area contributed by atoms with Crippen molar-refractivity contribution in [3.63, 3.8) is 0 Å². The summed E-state index contributed by atoms with van der Waals surface area (Å²) in [6.45, 7) is 0.259. The number of aryl methyl sites for hydroxylation is 1. The molecule has 0 aliphatic carbocycles. The summed E-state index contributed by atoms with van der Waals surface area (Å²) in [6.07, 6.45) is 3.18. The maximum Gasteiger partial charge on any atom is 0.332 e. The fraction of sp³-hybridized carbons (Fsp3) is 0.200. The number of fused-ring (bicyclic) bond motifs is 1. The lowest BCUT2D eigenvalue weighted by atomic mass is 10.4. The number of imidazole rings is 1. The average Bonchev–Trinajstić information content (AvgIpc) is 3.31. The van der Waals surface area contributed by atoms with Gasteiger partial charge < -0.3 is 8.98 Å². The van der Waals surface area contributed by atoms with Crippen molar-refractivity contribution in [3.05, 3.63) is 56.8 Å². The van der Waals surface area contributed by atoms with Crippen LogP contribution in [0.25, 0.3) is 21.8 Å². The van der Waals surface area contributed by atoms with Gasteiger partial charge in [-0.2, -0.15) is 0 Å². The molecule has 24 heavy (non-hydrogen) atoms. The zero-order valence-electron chi connectivity index (χ0n) is 13.0. The molecule has 0 amide bonds. The molecule has 0 saturated heterocycles. The van der Waals surface area contributed by atoms with E-state index in [0.717, 1.165) is 9.44 Å². The Kier molecular flexibility index (Phi) is 3.24. The number of aromatic nitrogens is 5. The molecule has 0 aliphatic heterocycles. The van der Waals surface area contributed by atoms with Crippen LogP contribution in [0.5, 0.6) is 0 Å². The second kappa shape index (κ2) is 5.31. The lowest BCUT2D eigenvalue weighted by molar-refractivity contribution is 0.492. The van der Waals surface area contributed by atoms with E-state index in [-0.39, 0.29) is 6.54 Å². The summed E-state index contributed by atoms with van der Waals surface area (Å²) in [4.78, 5) is 33.8. The van der Waals surface area contributed by atoms with Gasteiger partial charge in [0.2, 0.25) is 5.89 Å². The van der Waals surface area contributed by atoms with Crippen LogP contribution in [0.15, 0.2) is 44.0 Å². The van der Waals surface area contributed by atoms with E-state index in [4.69, 9.17) is 4.42 Å². The molecule has 9 heteroatoms. The Balaban J connectivity index is 1.79. The van der Waals surface area contributed by atoms with Crippen LogP contribution in [0.1, 0.15) is 5.89 Å². The van der Waals surface area contributed by atoms with Crippen LogP contribution in [0.3, 0.4) is 0 Å². The Morgan fingerprint density at radius 1 is 1.21 bits per heavy atom. The van der Waals surface area contributed by atoms with Gasteiger partial charge >= 0.3 is 5.69 Å². The van der Waals surface area contributed by atoms with E-state index in [1.54, 1.807) is 29.1 Å². The van der Waals surface area contributed by atoms with E-state index in [0.29, 0.717) is 22.8 Å². The van der Waals surface area contributed by atoms with Crippen molar-refractivity contribution in [3.8, 4) is 10.6 Å².